The molecular formula is C14H23ClN4O2. The molecule has 1 rings (SSSR count). The zero-order valence-corrected chi connectivity index (χ0v) is 13.9. The lowest BCUT2D eigenvalue weighted by Crippen LogP contribution is -2.47. The molecule has 1 atom stereocenters. The molecule has 0 aliphatic carbocycles. The van der Waals surface area contributed by atoms with Gasteiger partial charge in [0.2, 0.25) is 5.91 Å². The smallest absolute Gasteiger partial charge is 0.287 e. The minimum absolute atomic E-state index is 0.0499. The topological polar surface area (TPSA) is 76.0 Å². The normalized spacial score (nSPS) is 12.9. The highest BCUT2D eigenvalue weighted by Crippen LogP contribution is 2.16. The Labute approximate surface area is 129 Å². The number of hydrogen-bond acceptors (Lipinski definition) is 4. The summed E-state index contributed by atoms with van der Waals surface area (Å²) in [7, 11) is 0. The molecule has 0 aromatic carbocycles. The Hall–Kier alpha value is -1.56. The molecule has 1 aromatic heterocycles. The second-order valence-electron chi connectivity index (χ2n) is 6.01. The summed E-state index contributed by atoms with van der Waals surface area (Å²) >= 11 is 6.05. The van der Waals surface area contributed by atoms with Gasteiger partial charge in [-0.25, -0.2) is 4.68 Å². The summed E-state index contributed by atoms with van der Waals surface area (Å²) in [4.78, 5) is 24.0. The lowest BCUT2D eigenvalue weighted by atomic mass is 10.1. The average Bonchev–Trinajstić information content (AvgIpc) is 2.36. The predicted octanol–water partition coefficient (Wildman–Crippen LogP) is 2.02. The maximum absolute atomic E-state index is 12.0. The molecule has 0 saturated heterocycles. The van der Waals surface area contributed by atoms with Crippen molar-refractivity contribution in [2.75, 3.05) is 5.32 Å². The molecule has 1 amide bonds. The number of amides is 1. The molecule has 118 valence electrons. The molecule has 21 heavy (non-hydrogen) atoms. The van der Waals surface area contributed by atoms with Crippen LogP contribution in [-0.4, -0.2) is 27.3 Å². The molecule has 2 N–H and O–H groups in total. The Balaban J connectivity index is 2.86. The van der Waals surface area contributed by atoms with Crippen molar-refractivity contribution in [1.82, 2.24) is 15.1 Å². The van der Waals surface area contributed by atoms with Gasteiger partial charge < -0.3 is 10.6 Å². The first-order chi connectivity index (χ1) is 9.65. The molecule has 1 aromatic rings. The second kappa shape index (κ2) is 6.93. The van der Waals surface area contributed by atoms with E-state index in [1.807, 2.05) is 27.7 Å². The van der Waals surface area contributed by atoms with Crippen molar-refractivity contribution in [3.8, 4) is 0 Å². The minimum atomic E-state index is -0.523. The van der Waals surface area contributed by atoms with Crippen LogP contribution >= 0.6 is 11.6 Å². The van der Waals surface area contributed by atoms with Crippen molar-refractivity contribution >= 4 is 23.2 Å². The van der Waals surface area contributed by atoms with Gasteiger partial charge in [-0.05, 0) is 34.1 Å². The first-order valence-electron chi connectivity index (χ1n) is 7.00. The third-order valence-electron chi connectivity index (χ3n) is 2.68. The summed E-state index contributed by atoms with van der Waals surface area (Å²) in [5.41, 5.74) is -0.308. The summed E-state index contributed by atoms with van der Waals surface area (Å²) in [6.45, 7) is 9.87. The molecule has 0 fully saturated rings. The van der Waals surface area contributed by atoms with Gasteiger partial charge in [-0.1, -0.05) is 18.5 Å². The van der Waals surface area contributed by atoms with Gasteiger partial charge in [-0.3, -0.25) is 9.59 Å². The molecule has 0 aliphatic rings. The van der Waals surface area contributed by atoms with Crippen molar-refractivity contribution < 1.29 is 4.79 Å². The number of hydrogen-bond donors (Lipinski definition) is 2. The SMILES string of the molecule is CCCn1ncc(NC(C)C(=O)NC(C)(C)C)c(Cl)c1=O. The van der Waals surface area contributed by atoms with Crippen molar-refractivity contribution in [3.63, 3.8) is 0 Å². The van der Waals surface area contributed by atoms with Gasteiger partial charge in [0.25, 0.3) is 5.56 Å². The molecule has 1 unspecified atom stereocenters. The van der Waals surface area contributed by atoms with Crippen LogP contribution in [-0.2, 0) is 11.3 Å². The number of aromatic nitrogens is 2. The zero-order chi connectivity index (χ0) is 16.2. The van der Waals surface area contributed by atoms with E-state index in [9.17, 15) is 9.59 Å². The van der Waals surface area contributed by atoms with Gasteiger partial charge >= 0.3 is 0 Å². The molecule has 1 heterocycles. The molecule has 0 aliphatic heterocycles. The molecule has 0 bridgehead atoms. The van der Waals surface area contributed by atoms with E-state index in [0.29, 0.717) is 12.2 Å². The van der Waals surface area contributed by atoms with Crippen molar-refractivity contribution in [2.45, 2.75) is 59.2 Å². The van der Waals surface area contributed by atoms with Gasteiger partial charge in [0, 0.05) is 12.1 Å². The van der Waals surface area contributed by atoms with Crippen molar-refractivity contribution in [3.05, 3.63) is 21.6 Å². The average molecular weight is 315 g/mol. The van der Waals surface area contributed by atoms with Gasteiger partial charge in [-0.2, -0.15) is 5.10 Å². The number of nitrogens with zero attached hydrogens (tertiary/aromatic N) is 2. The van der Waals surface area contributed by atoms with E-state index < -0.39 is 6.04 Å². The Morgan fingerprint density at radius 3 is 2.62 bits per heavy atom. The van der Waals surface area contributed by atoms with E-state index in [1.54, 1.807) is 6.92 Å². The lowest BCUT2D eigenvalue weighted by Gasteiger charge is -2.24. The van der Waals surface area contributed by atoms with Gasteiger partial charge in [-0.15, -0.1) is 0 Å². The first-order valence-corrected chi connectivity index (χ1v) is 7.37. The number of carbonyl (C=O) groups excluding carboxylic acids is 1. The number of halogens is 1. The van der Waals surface area contributed by atoms with Gasteiger partial charge in [0.15, 0.2) is 0 Å². The standard InChI is InChI=1S/C14H23ClN4O2/c1-6-7-19-13(21)11(15)10(8-16-19)17-9(2)12(20)18-14(3,4)5/h8-9,17H,6-7H2,1-5H3,(H,18,20). The lowest BCUT2D eigenvalue weighted by molar-refractivity contribution is -0.122. The minimum Gasteiger partial charge on any atom is -0.371 e. The first kappa shape index (κ1) is 17.5. The monoisotopic (exact) mass is 314 g/mol. The van der Waals surface area contributed by atoms with Crippen LogP contribution in [0.4, 0.5) is 5.69 Å². The highest BCUT2D eigenvalue weighted by Gasteiger charge is 2.20. The molecule has 7 heteroatoms. The van der Waals surface area contributed by atoms with E-state index in [4.69, 9.17) is 11.6 Å². The van der Waals surface area contributed by atoms with E-state index in [0.717, 1.165) is 6.42 Å². The molecule has 0 saturated carbocycles. The highest BCUT2D eigenvalue weighted by atomic mass is 35.5. The molecule has 0 radical (unpaired) electrons. The van der Waals surface area contributed by atoms with E-state index in [-0.39, 0.29) is 22.0 Å². The second-order valence-corrected chi connectivity index (χ2v) is 6.38. The van der Waals surface area contributed by atoms with E-state index >= 15 is 0 Å². The van der Waals surface area contributed by atoms with E-state index in [2.05, 4.69) is 15.7 Å². The third kappa shape index (κ3) is 5.04. The number of rotatable bonds is 5. The Kier molecular flexibility index (Phi) is 5.78. The van der Waals surface area contributed by atoms with Crippen LogP contribution in [0, 0.1) is 0 Å². The number of aryl methyl sites for hydroxylation is 1. The predicted molar refractivity (Wildman–Crippen MR) is 84.8 cm³/mol. The Morgan fingerprint density at radius 2 is 2.10 bits per heavy atom. The maximum atomic E-state index is 12.0. The van der Waals surface area contributed by atoms with Crippen LogP contribution in [0.2, 0.25) is 5.02 Å². The van der Waals surface area contributed by atoms with E-state index in [1.165, 1.54) is 10.9 Å². The summed E-state index contributed by atoms with van der Waals surface area (Å²) in [5.74, 6) is -0.170. The third-order valence-corrected chi connectivity index (χ3v) is 3.05. The fourth-order valence-electron chi connectivity index (χ4n) is 1.71. The molecular weight excluding hydrogens is 292 g/mol. The summed E-state index contributed by atoms with van der Waals surface area (Å²) in [5, 5.41) is 9.87. The van der Waals surface area contributed by atoms with Crippen LogP contribution in [0.15, 0.2) is 11.0 Å². The van der Waals surface area contributed by atoms with Crippen molar-refractivity contribution in [2.24, 2.45) is 0 Å². The highest BCUT2D eigenvalue weighted by molar-refractivity contribution is 6.33. The largest absolute Gasteiger partial charge is 0.371 e. The molecule has 6 nitrogen and oxygen atoms in total. The van der Waals surface area contributed by atoms with Crippen LogP contribution in [0.1, 0.15) is 41.0 Å². The summed E-state index contributed by atoms with van der Waals surface area (Å²) in [6.07, 6.45) is 2.26. The Morgan fingerprint density at radius 1 is 1.48 bits per heavy atom. The fraction of sp³-hybridized carbons (Fsp3) is 0.643. The molecule has 0 spiro atoms. The van der Waals surface area contributed by atoms with Gasteiger partial charge in [0.05, 0.1) is 11.9 Å². The maximum Gasteiger partial charge on any atom is 0.287 e. The summed E-state index contributed by atoms with van der Waals surface area (Å²) < 4.78 is 1.31. The number of nitrogens with one attached hydrogen (secondary N) is 2. The van der Waals surface area contributed by atoms with Crippen LogP contribution in [0.5, 0.6) is 0 Å². The van der Waals surface area contributed by atoms with Crippen LogP contribution in [0.3, 0.4) is 0 Å². The van der Waals surface area contributed by atoms with Crippen LogP contribution in [0.25, 0.3) is 0 Å². The quantitative estimate of drug-likeness (QED) is 0.872. The van der Waals surface area contributed by atoms with Crippen LogP contribution < -0.4 is 16.2 Å². The fourth-order valence-corrected chi connectivity index (χ4v) is 1.91. The Bertz CT molecular complexity index is 563. The van der Waals surface area contributed by atoms with Gasteiger partial charge in [0.1, 0.15) is 11.1 Å². The zero-order valence-electron chi connectivity index (χ0n) is 13.2. The number of carbonyl (C=O) groups is 1. The number of anilines is 1. The summed E-state index contributed by atoms with van der Waals surface area (Å²) in [6, 6.07) is -0.523. The van der Waals surface area contributed by atoms with Crippen molar-refractivity contribution in [1.29, 1.82) is 0 Å².